The maximum absolute atomic E-state index is 10.4. The van der Waals surface area contributed by atoms with Gasteiger partial charge in [0, 0.05) is 0 Å². The fourth-order valence-electron chi connectivity index (χ4n) is 1.05. The molecule has 1 aliphatic rings. The number of hydrogen-bond donors (Lipinski definition) is 5. The Bertz CT molecular complexity index is 238. The molecule has 8 nitrogen and oxygen atoms in total. The molecule has 0 aromatic rings. The van der Waals surface area contributed by atoms with Crippen LogP contribution in [0.4, 0.5) is 0 Å². The largest absolute Gasteiger partial charge is 0.470 e. The van der Waals surface area contributed by atoms with E-state index in [-0.39, 0.29) is 6.61 Å². The second kappa shape index (κ2) is 4.21. The Labute approximate surface area is 78.9 Å². The predicted molar refractivity (Wildman–Crippen MR) is 40.9 cm³/mol. The molecule has 0 spiro atoms. The van der Waals surface area contributed by atoms with Crippen LogP contribution < -0.4 is 0 Å². The van der Waals surface area contributed by atoms with Crippen LogP contribution in [0.2, 0.25) is 0 Å². The second-order valence-corrected chi connectivity index (χ2v) is 4.03. The third kappa shape index (κ3) is 2.97. The first kappa shape index (κ1) is 12.0. The molecule has 0 saturated carbocycles. The van der Waals surface area contributed by atoms with Gasteiger partial charge in [0.2, 0.25) is 0 Å². The zero-order valence-corrected chi connectivity index (χ0v) is 7.82. The highest BCUT2D eigenvalue weighted by Gasteiger charge is 2.42. The molecule has 0 aliphatic carbocycles. The van der Waals surface area contributed by atoms with Gasteiger partial charge in [0.25, 0.3) is 0 Å². The Morgan fingerprint density at radius 2 is 1.86 bits per heavy atom. The van der Waals surface area contributed by atoms with Gasteiger partial charge in [-0.1, -0.05) is 0 Å². The molecule has 0 aromatic carbocycles. The van der Waals surface area contributed by atoms with Crippen molar-refractivity contribution in [2.75, 3.05) is 6.61 Å². The molecule has 0 radical (unpaired) electrons. The van der Waals surface area contributed by atoms with Crippen molar-refractivity contribution >= 4 is 7.82 Å². The van der Waals surface area contributed by atoms with Gasteiger partial charge in [0.15, 0.2) is 6.29 Å². The Morgan fingerprint density at radius 1 is 1.29 bits per heavy atom. The summed E-state index contributed by atoms with van der Waals surface area (Å²) in [5, 5.41) is 27.3. The van der Waals surface area contributed by atoms with Gasteiger partial charge in [0.05, 0.1) is 6.61 Å². The van der Waals surface area contributed by atoms with Crippen molar-refractivity contribution < 1.29 is 38.9 Å². The average Bonchev–Trinajstić information content (AvgIpc) is 2.04. The van der Waals surface area contributed by atoms with Crippen LogP contribution in [-0.2, 0) is 13.8 Å². The van der Waals surface area contributed by atoms with Crippen molar-refractivity contribution in [1.82, 2.24) is 0 Å². The fraction of sp³-hybridized carbons (Fsp3) is 1.00. The first-order valence-corrected chi connectivity index (χ1v) is 5.24. The molecular weight excluding hydrogens is 219 g/mol. The van der Waals surface area contributed by atoms with E-state index in [4.69, 9.17) is 20.0 Å². The molecule has 84 valence electrons. The Morgan fingerprint density at radius 3 is 2.36 bits per heavy atom. The van der Waals surface area contributed by atoms with Gasteiger partial charge in [-0.15, -0.1) is 0 Å². The molecule has 1 aliphatic heterocycles. The molecule has 5 N–H and O–H groups in total. The van der Waals surface area contributed by atoms with Crippen LogP contribution in [0.3, 0.4) is 0 Å². The molecule has 4 atom stereocenters. The van der Waals surface area contributed by atoms with Crippen LogP contribution in [0.1, 0.15) is 0 Å². The van der Waals surface area contributed by atoms with Gasteiger partial charge >= 0.3 is 7.82 Å². The molecule has 14 heavy (non-hydrogen) atoms. The van der Waals surface area contributed by atoms with Crippen LogP contribution in [0, 0.1) is 0 Å². The summed E-state index contributed by atoms with van der Waals surface area (Å²) >= 11 is 0. The number of aliphatic hydroxyl groups excluding tert-OH is 3. The lowest BCUT2D eigenvalue weighted by Crippen LogP contribution is -2.53. The van der Waals surface area contributed by atoms with E-state index in [1.54, 1.807) is 0 Å². The van der Waals surface area contributed by atoms with Gasteiger partial charge in [0.1, 0.15) is 18.3 Å². The Kier molecular flexibility index (Phi) is 3.62. The van der Waals surface area contributed by atoms with Gasteiger partial charge in [-0.05, 0) is 0 Å². The van der Waals surface area contributed by atoms with Crippen LogP contribution >= 0.6 is 7.82 Å². The summed E-state index contributed by atoms with van der Waals surface area (Å²) in [6.45, 7) is -0.330. The quantitative estimate of drug-likeness (QED) is 0.329. The molecule has 0 aromatic heterocycles. The monoisotopic (exact) mass is 230 g/mol. The van der Waals surface area contributed by atoms with E-state index in [0.29, 0.717) is 0 Å². The smallest absolute Gasteiger partial charge is 0.388 e. The minimum atomic E-state index is -4.85. The zero-order chi connectivity index (χ0) is 10.9. The first-order chi connectivity index (χ1) is 6.31. The minimum Gasteiger partial charge on any atom is -0.388 e. The lowest BCUT2D eigenvalue weighted by molar-refractivity contribution is -0.247. The number of aliphatic hydroxyl groups is 3. The molecule has 9 heteroatoms. The van der Waals surface area contributed by atoms with Crippen LogP contribution in [0.15, 0.2) is 0 Å². The molecule has 1 fully saturated rings. The summed E-state index contributed by atoms with van der Waals surface area (Å²) in [5.41, 5.74) is 0. The van der Waals surface area contributed by atoms with Crippen LogP contribution in [0.25, 0.3) is 0 Å². The third-order valence-electron chi connectivity index (χ3n) is 1.71. The third-order valence-corrected chi connectivity index (χ3v) is 2.23. The number of rotatable bonds is 2. The Hall–Kier alpha value is -0.0500. The number of hydrogen-bond acceptors (Lipinski definition) is 6. The predicted octanol–water partition coefficient (Wildman–Crippen LogP) is -2.47. The van der Waals surface area contributed by atoms with Crippen molar-refractivity contribution in [2.24, 2.45) is 0 Å². The van der Waals surface area contributed by atoms with Gasteiger partial charge < -0.3 is 29.8 Å². The van der Waals surface area contributed by atoms with E-state index in [1.807, 2.05) is 0 Å². The zero-order valence-electron chi connectivity index (χ0n) is 6.92. The van der Waals surface area contributed by atoms with E-state index in [9.17, 15) is 9.67 Å². The topological polar surface area (TPSA) is 137 Å². The van der Waals surface area contributed by atoms with Crippen molar-refractivity contribution in [3.05, 3.63) is 0 Å². The standard InChI is InChI=1S/C5H11O8P/c6-2-1-12-5(8)4(3(2)7)13-14(9,10)11/h2-8H,1H2,(H2,9,10,11)/t2-,3-,4+,5-/m0/s1. The highest BCUT2D eigenvalue weighted by atomic mass is 31.2. The van der Waals surface area contributed by atoms with E-state index in [0.717, 1.165) is 0 Å². The summed E-state index contributed by atoms with van der Waals surface area (Å²) in [6, 6.07) is 0. The summed E-state index contributed by atoms with van der Waals surface area (Å²) < 4.78 is 19.0. The van der Waals surface area contributed by atoms with Crippen molar-refractivity contribution in [3.8, 4) is 0 Å². The minimum absolute atomic E-state index is 0.330. The van der Waals surface area contributed by atoms with Crippen molar-refractivity contribution in [2.45, 2.75) is 24.6 Å². The average molecular weight is 230 g/mol. The molecule has 0 bridgehead atoms. The summed E-state index contributed by atoms with van der Waals surface area (Å²) in [7, 11) is -4.85. The maximum atomic E-state index is 10.4. The van der Waals surface area contributed by atoms with Gasteiger partial charge in [-0.3, -0.25) is 4.52 Å². The molecule has 0 unspecified atom stereocenters. The summed E-state index contributed by atoms with van der Waals surface area (Å²) in [5.74, 6) is 0. The Balaban J connectivity index is 2.68. The van der Waals surface area contributed by atoms with Gasteiger partial charge in [-0.2, -0.15) is 0 Å². The van der Waals surface area contributed by atoms with E-state index in [2.05, 4.69) is 9.26 Å². The van der Waals surface area contributed by atoms with E-state index < -0.39 is 32.4 Å². The molecular formula is C5H11O8P. The van der Waals surface area contributed by atoms with Crippen LogP contribution in [0.5, 0.6) is 0 Å². The number of phosphoric ester groups is 1. The highest BCUT2D eigenvalue weighted by molar-refractivity contribution is 7.46. The molecule has 1 saturated heterocycles. The SMILES string of the molecule is O=P(O)(O)O[C@@H]1[C@@H](O)[C@@H](O)CO[C@@H]1O. The van der Waals surface area contributed by atoms with Crippen LogP contribution in [-0.4, -0.2) is 56.3 Å². The number of ether oxygens (including phenoxy) is 1. The van der Waals surface area contributed by atoms with Gasteiger partial charge in [-0.25, -0.2) is 4.57 Å². The molecule has 0 amide bonds. The summed E-state index contributed by atoms with van der Waals surface area (Å²) in [4.78, 5) is 16.8. The number of phosphoric acid groups is 1. The lowest BCUT2D eigenvalue weighted by atomic mass is 10.1. The van der Waals surface area contributed by atoms with Crippen molar-refractivity contribution in [1.29, 1.82) is 0 Å². The molecule has 1 rings (SSSR count). The normalized spacial score (nSPS) is 39.8. The fourth-order valence-corrected chi connectivity index (χ4v) is 1.60. The lowest BCUT2D eigenvalue weighted by Gasteiger charge is -2.34. The first-order valence-electron chi connectivity index (χ1n) is 3.71. The van der Waals surface area contributed by atoms with E-state index >= 15 is 0 Å². The maximum Gasteiger partial charge on any atom is 0.470 e. The second-order valence-electron chi connectivity index (χ2n) is 2.84. The van der Waals surface area contributed by atoms with Crippen molar-refractivity contribution in [3.63, 3.8) is 0 Å². The summed E-state index contributed by atoms with van der Waals surface area (Å²) in [6.07, 6.45) is -6.30. The highest BCUT2D eigenvalue weighted by Crippen LogP contribution is 2.40. The van der Waals surface area contributed by atoms with E-state index in [1.165, 1.54) is 0 Å². The molecule has 1 heterocycles.